The summed E-state index contributed by atoms with van der Waals surface area (Å²) < 4.78 is 0. The van der Waals surface area contributed by atoms with Crippen LogP contribution in [0.1, 0.15) is 20.3 Å². The Balaban J connectivity index is 1.94. The Kier molecular flexibility index (Phi) is 3.57. The molecule has 0 spiro atoms. The molecule has 2 aliphatic rings. The molecule has 4 heteroatoms. The van der Waals surface area contributed by atoms with Crippen molar-refractivity contribution in [3.63, 3.8) is 0 Å². The van der Waals surface area contributed by atoms with E-state index in [9.17, 15) is 4.79 Å². The van der Waals surface area contributed by atoms with Gasteiger partial charge in [-0.15, -0.1) is 0 Å². The van der Waals surface area contributed by atoms with Crippen molar-refractivity contribution >= 4 is 17.7 Å². The minimum absolute atomic E-state index is 0.0836. The lowest BCUT2D eigenvalue weighted by atomic mass is 10.0. The van der Waals surface area contributed by atoms with Crippen molar-refractivity contribution in [2.45, 2.75) is 31.6 Å². The van der Waals surface area contributed by atoms with Crippen LogP contribution in [0, 0.1) is 5.92 Å². The Morgan fingerprint density at radius 1 is 1.47 bits per heavy atom. The first-order valence-corrected chi connectivity index (χ1v) is 6.87. The third-order valence-corrected chi connectivity index (χ3v) is 4.49. The predicted molar refractivity (Wildman–Crippen MR) is 64.1 cm³/mol. The predicted octanol–water partition coefficient (Wildman–Crippen LogP) is 0.948. The number of amides is 1. The van der Waals surface area contributed by atoms with Crippen molar-refractivity contribution < 1.29 is 4.79 Å². The van der Waals surface area contributed by atoms with Gasteiger partial charge in [-0.05, 0) is 18.9 Å². The third-order valence-electron chi connectivity index (χ3n) is 3.35. The van der Waals surface area contributed by atoms with Crippen LogP contribution in [-0.2, 0) is 4.79 Å². The van der Waals surface area contributed by atoms with E-state index in [4.69, 9.17) is 0 Å². The second-order valence-corrected chi connectivity index (χ2v) is 6.21. The minimum atomic E-state index is 0.0836. The topological polar surface area (TPSA) is 32.3 Å². The van der Waals surface area contributed by atoms with Crippen LogP contribution in [0.3, 0.4) is 0 Å². The van der Waals surface area contributed by atoms with Crippen LogP contribution in [0.25, 0.3) is 0 Å². The molecule has 3 nitrogen and oxygen atoms in total. The van der Waals surface area contributed by atoms with E-state index in [2.05, 4.69) is 19.2 Å². The van der Waals surface area contributed by atoms with Crippen molar-refractivity contribution in [3.8, 4) is 0 Å². The van der Waals surface area contributed by atoms with Gasteiger partial charge in [0.2, 0.25) is 5.91 Å². The summed E-state index contributed by atoms with van der Waals surface area (Å²) in [7, 11) is 0. The number of carbonyl (C=O) groups excluding carboxylic acids is 1. The summed E-state index contributed by atoms with van der Waals surface area (Å²) in [4.78, 5) is 14.3. The third kappa shape index (κ3) is 2.48. The molecule has 0 radical (unpaired) electrons. The van der Waals surface area contributed by atoms with Gasteiger partial charge in [0.15, 0.2) is 0 Å². The van der Waals surface area contributed by atoms with Crippen molar-refractivity contribution in [2.24, 2.45) is 5.92 Å². The molecular formula is C11H20N2OS. The number of rotatable bonds is 1. The van der Waals surface area contributed by atoms with Crippen LogP contribution >= 0.6 is 11.8 Å². The maximum absolute atomic E-state index is 12.2. The minimum Gasteiger partial charge on any atom is -0.339 e. The van der Waals surface area contributed by atoms with Gasteiger partial charge in [-0.2, -0.15) is 11.8 Å². The molecule has 3 unspecified atom stereocenters. The fourth-order valence-corrected chi connectivity index (χ4v) is 3.39. The molecule has 15 heavy (non-hydrogen) atoms. The van der Waals surface area contributed by atoms with Crippen LogP contribution in [0.5, 0.6) is 0 Å². The standard InChI is InChI=1S/C11H20N2OS/c1-8-3-4-12-10(8)11(14)13-5-6-15-9(2)7-13/h8-10,12H,3-7H2,1-2H3. The molecule has 0 aliphatic carbocycles. The van der Waals surface area contributed by atoms with Crippen LogP contribution in [0.15, 0.2) is 0 Å². The Hall–Kier alpha value is -0.220. The summed E-state index contributed by atoms with van der Waals surface area (Å²) in [6, 6.07) is 0.0836. The van der Waals surface area contributed by atoms with Gasteiger partial charge in [-0.3, -0.25) is 4.79 Å². The van der Waals surface area contributed by atoms with Gasteiger partial charge in [-0.1, -0.05) is 13.8 Å². The number of thioether (sulfide) groups is 1. The first-order chi connectivity index (χ1) is 7.18. The monoisotopic (exact) mass is 228 g/mol. The average Bonchev–Trinajstić information content (AvgIpc) is 2.63. The van der Waals surface area contributed by atoms with Gasteiger partial charge in [0.25, 0.3) is 0 Å². The van der Waals surface area contributed by atoms with E-state index in [1.54, 1.807) is 0 Å². The first kappa shape index (κ1) is 11.3. The molecule has 2 fully saturated rings. The zero-order chi connectivity index (χ0) is 10.8. The van der Waals surface area contributed by atoms with Crippen molar-refractivity contribution in [1.29, 1.82) is 0 Å². The summed E-state index contributed by atoms with van der Waals surface area (Å²) in [5.41, 5.74) is 0. The number of nitrogens with zero attached hydrogens (tertiary/aromatic N) is 1. The Labute approximate surface area is 96.0 Å². The van der Waals surface area contributed by atoms with Crippen molar-refractivity contribution in [2.75, 3.05) is 25.4 Å². The van der Waals surface area contributed by atoms with Gasteiger partial charge in [0.05, 0.1) is 6.04 Å². The van der Waals surface area contributed by atoms with Crippen LogP contribution in [0.2, 0.25) is 0 Å². The molecule has 0 aromatic heterocycles. The van der Waals surface area contributed by atoms with Gasteiger partial charge in [0.1, 0.15) is 0 Å². The van der Waals surface area contributed by atoms with Gasteiger partial charge in [-0.25, -0.2) is 0 Å². The molecule has 3 atom stereocenters. The summed E-state index contributed by atoms with van der Waals surface area (Å²) in [6.45, 7) is 7.23. The molecule has 0 bridgehead atoms. The molecule has 2 saturated heterocycles. The van der Waals surface area contributed by atoms with E-state index in [1.165, 1.54) is 0 Å². The summed E-state index contributed by atoms with van der Waals surface area (Å²) in [6.07, 6.45) is 1.13. The highest BCUT2D eigenvalue weighted by atomic mass is 32.2. The molecule has 0 aromatic carbocycles. The largest absolute Gasteiger partial charge is 0.339 e. The van der Waals surface area contributed by atoms with Gasteiger partial charge >= 0.3 is 0 Å². The lowest BCUT2D eigenvalue weighted by Gasteiger charge is -2.33. The van der Waals surface area contributed by atoms with Crippen molar-refractivity contribution in [3.05, 3.63) is 0 Å². The summed E-state index contributed by atoms with van der Waals surface area (Å²) in [5, 5.41) is 3.92. The number of nitrogens with one attached hydrogen (secondary N) is 1. The molecule has 1 amide bonds. The molecule has 0 aromatic rings. The second-order valence-electron chi connectivity index (χ2n) is 4.66. The molecule has 0 saturated carbocycles. The fraction of sp³-hybridized carbons (Fsp3) is 0.909. The van der Waals surface area contributed by atoms with E-state index in [0.717, 1.165) is 31.8 Å². The Morgan fingerprint density at radius 3 is 2.87 bits per heavy atom. The highest BCUT2D eigenvalue weighted by molar-refractivity contribution is 7.99. The normalized spacial score (nSPS) is 36.9. The van der Waals surface area contributed by atoms with Crippen LogP contribution in [0.4, 0.5) is 0 Å². The first-order valence-electron chi connectivity index (χ1n) is 5.82. The van der Waals surface area contributed by atoms with E-state index in [1.807, 2.05) is 16.7 Å². The van der Waals surface area contributed by atoms with Crippen molar-refractivity contribution in [1.82, 2.24) is 10.2 Å². The van der Waals surface area contributed by atoms with Gasteiger partial charge < -0.3 is 10.2 Å². The van der Waals surface area contributed by atoms with E-state index in [-0.39, 0.29) is 6.04 Å². The highest BCUT2D eigenvalue weighted by Gasteiger charge is 2.33. The number of hydrogen-bond donors (Lipinski definition) is 1. The molecule has 2 heterocycles. The molecule has 86 valence electrons. The second kappa shape index (κ2) is 4.74. The quantitative estimate of drug-likeness (QED) is 0.725. The number of carbonyl (C=O) groups is 1. The van der Waals surface area contributed by atoms with E-state index >= 15 is 0 Å². The fourth-order valence-electron chi connectivity index (χ4n) is 2.38. The lowest BCUT2D eigenvalue weighted by Crippen LogP contribution is -2.50. The maximum atomic E-state index is 12.2. The van der Waals surface area contributed by atoms with Gasteiger partial charge in [0, 0.05) is 24.1 Å². The molecule has 1 N–H and O–H groups in total. The highest BCUT2D eigenvalue weighted by Crippen LogP contribution is 2.21. The maximum Gasteiger partial charge on any atom is 0.240 e. The molecular weight excluding hydrogens is 208 g/mol. The molecule has 2 rings (SSSR count). The Bertz CT molecular complexity index is 247. The smallest absolute Gasteiger partial charge is 0.240 e. The van der Waals surface area contributed by atoms with E-state index in [0.29, 0.717) is 17.1 Å². The van der Waals surface area contributed by atoms with Crippen LogP contribution in [-0.4, -0.2) is 47.5 Å². The average molecular weight is 228 g/mol. The molecule has 2 aliphatic heterocycles. The lowest BCUT2D eigenvalue weighted by molar-refractivity contribution is -0.133. The van der Waals surface area contributed by atoms with E-state index < -0.39 is 0 Å². The van der Waals surface area contributed by atoms with Crippen LogP contribution < -0.4 is 5.32 Å². The SMILES string of the molecule is CC1CN(C(=O)C2NCCC2C)CCS1. The summed E-state index contributed by atoms with van der Waals surface area (Å²) in [5.74, 6) is 1.92. The number of hydrogen-bond acceptors (Lipinski definition) is 3. The zero-order valence-electron chi connectivity index (χ0n) is 9.53. The zero-order valence-corrected chi connectivity index (χ0v) is 10.3. The Morgan fingerprint density at radius 2 is 2.27 bits per heavy atom. The summed E-state index contributed by atoms with van der Waals surface area (Å²) >= 11 is 1.97.